The van der Waals surface area contributed by atoms with Crippen molar-refractivity contribution in [3.8, 4) is 6.01 Å². The lowest BCUT2D eigenvalue weighted by Gasteiger charge is -2.06. The Labute approximate surface area is 87.4 Å². The molecule has 0 amide bonds. The Morgan fingerprint density at radius 2 is 2.00 bits per heavy atom. The topological polar surface area (TPSA) is 98.0 Å². The van der Waals surface area contributed by atoms with Gasteiger partial charge in [-0.3, -0.25) is 5.43 Å². The zero-order valence-corrected chi connectivity index (χ0v) is 8.69. The summed E-state index contributed by atoms with van der Waals surface area (Å²) in [5.74, 6) is 6.68. The van der Waals surface area contributed by atoms with Gasteiger partial charge in [0.2, 0.25) is 11.9 Å². The van der Waals surface area contributed by atoms with Gasteiger partial charge in [-0.15, -0.1) is 0 Å². The van der Waals surface area contributed by atoms with Crippen LogP contribution in [0.4, 0.5) is 11.9 Å². The highest BCUT2D eigenvalue weighted by molar-refractivity contribution is 5.37. The molecule has 0 saturated heterocycles. The van der Waals surface area contributed by atoms with Crippen LogP contribution in [0, 0.1) is 5.92 Å². The fourth-order valence-corrected chi connectivity index (χ4v) is 1.27. The third kappa shape index (κ3) is 2.24. The van der Waals surface area contributed by atoms with Crippen LogP contribution >= 0.6 is 0 Å². The summed E-state index contributed by atoms with van der Waals surface area (Å²) in [5.41, 5.74) is 2.36. The number of hydrogen-bond acceptors (Lipinski definition) is 7. The first kappa shape index (κ1) is 9.91. The minimum absolute atomic E-state index is 0.244. The molecule has 1 aliphatic carbocycles. The summed E-state index contributed by atoms with van der Waals surface area (Å²) in [4.78, 5) is 12.0. The number of anilines is 2. The Hall–Kier alpha value is -1.63. The Bertz CT molecular complexity index is 335. The lowest BCUT2D eigenvalue weighted by Crippen LogP contribution is -2.15. The van der Waals surface area contributed by atoms with Gasteiger partial charge in [-0.05, 0) is 12.3 Å². The summed E-state index contributed by atoms with van der Waals surface area (Å²) in [7, 11) is 1.50. The number of ether oxygens (including phenoxy) is 1. The fraction of sp³-hybridized carbons (Fsp3) is 0.625. The van der Waals surface area contributed by atoms with Gasteiger partial charge in [0.05, 0.1) is 7.11 Å². The van der Waals surface area contributed by atoms with Crippen LogP contribution in [0.2, 0.25) is 0 Å². The molecule has 1 aliphatic rings. The highest BCUT2D eigenvalue weighted by atomic mass is 16.5. The van der Waals surface area contributed by atoms with Crippen LogP contribution in [0.3, 0.4) is 0 Å². The van der Waals surface area contributed by atoms with E-state index in [0.29, 0.717) is 17.9 Å². The largest absolute Gasteiger partial charge is 0.467 e. The van der Waals surface area contributed by atoms with Gasteiger partial charge in [-0.1, -0.05) is 6.92 Å². The maximum atomic E-state index is 5.23. The highest BCUT2D eigenvalue weighted by Gasteiger charge is 2.33. The lowest BCUT2D eigenvalue weighted by molar-refractivity contribution is 0.379. The van der Waals surface area contributed by atoms with Crippen LogP contribution in [0.15, 0.2) is 0 Å². The summed E-state index contributed by atoms with van der Waals surface area (Å²) in [6.07, 6.45) is 1.14. The number of rotatable bonds is 4. The molecule has 15 heavy (non-hydrogen) atoms. The van der Waals surface area contributed by atoms with Crippen LogP contribution in [0.25, 0.3) is 0 Å². The van der Waals surface area contributed by atoms with Crippen molar-refractivity contribution in [1.82, 2.24) is 15.0 Å². The van der Waals surface area contributed by atoms with Gasteiger partial charge in [0.15, 0.2) is 0 Å². The minimum Gasteiger partial charge on any atom is -0.467 e. The van der Waals surface area contributed by atoms with Crippen LogP contribution in [-0.4, -0.2) is 28.1 Å². The monoisotopic (exact) mass is 210 g/mol. The average Bonchev–Trinajstić information content (AvgIpc) is 2.93. The predicted octanol–water partition coefficient (Wildman–Crippen LogP) is -0.0139. The summed E-state index contributed by atoms with van der Waals surface area (Å²) < 4.78 is 4.93. The van der Waals surface area contributed by atoms with E-state index in [-0.39, 0.29) is 12.0 Å². The van der Waals surface area contributed by atoms with Crippen molar-refractivity contribution in [2.45, 2.75) is 19.4 Å². The van der Waals surface area contributed by atoms with E-state index in [4.69, 9.17) is 10.6 Å². The number of methoxy groups -OCH3 is 1. The van der Waals surface area contributed by atoms with Gasteiger partial charge >= 0.3 is 6.01 Å². The first-order chi connectivity index (χ1) is 7.22. The van der Waals surface area contributed by atoms with Crippen LogP contribution in [-0.2, 0) is 0 Å². The van der Waals surface area contributed by atoms with Crippen LogP contribution in [0.1, 0.15) is 13.3 Å². The predicted molar refractivity (Wildman–Crippen MR) is 55.4 cm³/mol. The van der Waals surface area contributed by atoms with Crippen LogP contribution < -0.4 is 21.3 Å². The average molecular weight is 210 g/mol. The molecule has 0 spiro atoms. The molecule has 2 atom stereocenters. The molecule has 1 saturated carbocycles. The van der Waals surface area contributed by atoms with Gasteiger partial charge in [-0.2, -0.15) is 15.0 Å². The molecule has 0 bridgehead atoms. The molecular formula is C8H14N6O. The normalized spacial score (nSPS) is 23.4. The molecule has 1 heterocycles. The number of nitrogens with one attached hydrogen (secondary N) is 2. The van der Waals surface area contributed by atoms with Crippen molar-refractivity contribution in [2.24, 2.45) is 11.8 Å². The third-order valence-corrected chi connectivity index (χ3v) is 2.35. The smallest absolute Gasteiger partial charge is 0.322 e. The van der Waals surface area contributed by atoms with Gasteiger partial charge < -0.3 is 10.1 Å². The molecule has 7 nitrogen and oxygen atoms in total. The van der Waals surface area contributed by atoms with E-state index in [9.17, 15) is 0 Å². The van der Waals surface area contributed by atoms with E-state index < -0.39 is 0 Å². The zero-order chi connectivity index (χ0) is 10.8. The van der Waals surface area contributed by atoms with E-state index >= 15 is 0 Å². The van der Waals surface area contributed by atoms with Gasteiger partial charge in [0.25, 0.3) is 0 Å². The van der Waals surface area contributed by atoms with Crippen molar-refractivity contribution < 1.29 is 4.74 Å². The highest BCUT2D eigenvalue weighted by Crippen LogP contribution is 2.31. The Morgan fingerprint density at radius 3 is 2.53 bits per heavy atom. The number of nitrogens with two attached hydrogens (primary N) is 1. The summed E-state index contributed by atoms with van der Waals surface area (Å²) in [6, 6.07) is 0.691. The second kappa shape index (κ2) is 3.85. The lowest BCUT2D eigenvalue weighted by atomic mass is 10.5. The molecule has 1 aromatic rings. The van der Waals surface area contributed by atoms with Gasteiger partial charge in [0.1, 0.15) is 0 Å². The van der Waals surface area contributed by atoms with Crippen molar-refractivity contribution >= 4 is 11.9 Å². The van der Waals surface area contributed by atoms with Crippen molar-refractivity contribution in [3.05, 3.63) is 0 Å². The number of aromatic nitrogens is 3. The minimum atomic E-state index is 0.244. The quantitative estimate of drug-likeness (QED) is 0.474. The van der Waals surface area contributed by atoms with E-state index in [1.54, 1.807) is 0 Å². The van der Waals surface area contributed by atoms with Gasteiger partial charge in [-0.25, -0.2) is 5.84 Å². The first-order valence-electron chi connectivity index (χ1n) is 4.76. The Balaban J connectivity index is 2.14. The molecule has 82 valence electrons. The van der Waals surface area contributed by atoms with Crippen molar-refractivity contribution in [3.63, 3.8) is 0 Å². The SMILES string of the molecule is COc1nc(NN)nc(NC2CC2C)n1. The summed E-state index contributed by atoms with van der Waals surface area (Å²) >= 11 is 0. The molecule has 2 rings (SSSR count). The standard InChI is InChI=1S/C8H14N6O/c1-4-3-5(4)10-6-11-7(14-9)13-8(12-6)15-2/h4-5H,3,9H2,1-2H3,(H2,10,11,12,13,14). The molecule has 0 radical (unpaired) electrons. The van der Waals surface area contributed by atoms with E-state index in [0.717, 1.165) is 6.42 Å². The second-order valence-electron chi connectivity index (χ2n) is 3.58. The number of nitrogen functional groups attached to an aromatic ring is 1. The number of nitrogens with zero attached hydrogens (tertiary/aromatic N) is 3. The van der Waals surface area contributed by atoms with E-state index in [2.05, 4.69) is 32.6 Å². The van der Waals surface area contributed by atoms with Crippen molar-refractivity contribution in [2.75, 3.05) is 17.9 Å². The molecule has 1 aromatic heterocycles. The summed E-state index contributed by atoms with van der Waals surface area (Å²) in [6.45, 7) is 2.16. The molecular weight excluding hydrogens is 196 g/mol. The summed E-state index contributed by atoms with van der Waals surface area (Å²) in [5, 5.41) is 3.18. The maximum Gasteiger partial charge on any atom is 0.322 e. The molecule has 0 aliphatic heterocycles. The fourth-order valence-electron chi connectivity index (χ4n) is 1.27. The molecule has 4 N–H and O–H groups in total. The molecule has 1 fully saturated rings. The Kier molecular flexibility index (Phi) is 2.55. The van der Waals surface area contributed by atoms with E-state index in [1.807, 2.05) is 0 Å². The Morgan fingerprint density at radius 1 is 1.33 bits per heavy atom. The van der Waals surface area contributed by atoms with Crippen LogP contribution in [0.5, 0.6) is 6.01 Å². The first-order valence-corrected chi connectivity index (χ1v) is 4.76. The van der Waals surface area contributed by atoms with Gasteiger partial charge in [0, 0.05) is 6.04 Å². The number of hydrazine groups is 1. The number of hydrogen-bond donors (Lipinski definition) is 3. The molecule has 2 unspecified atom stereocenters. The van der Waals surface area contributed by atoms with E-state index in [1.165, 1.54) is 7.11 Å². The molecule has 7 heteroatoms. The third-order valence-electron chi connectivity index (χ3n) is 2.35. The molecule has 0 aromatic carbocycles. The maximum absolute atomic E-state index is 5.23. The second-order valence-corrected chi connectivity index (χ2v) is 3.58. The van der Waals surface area contributed by atoms with Crippen molar-refractivity contribution in [1.29, 1.82) is 0 Å². The zero-order valence-electron chi connectivity index (χ0n) is 8.69.